The van der Waals surface area contributed by atoms with Crippen LogP contribution in [-0.2, 0) is 24.0 Å². The van der Waals surface area contributed by atoms with Gasteiger partial charge in [0.15, 0.2) is 8.32 Å². The molecule has 230 valence electrons. The molecular formula is C34H46N4O4Si. The molecule has 0 spiro atoms. The maximum atomic E-state index is 12.8. The number of aromatic amines is 1. The first-order valence-corrected chi connectivity index (χ1v) is 17.8. The molecule has 0 fully saturated rings. The molecule has 8 nitrogen and oxygen atoms in total. The molecule has 4 aromatic rings. The third-order valence-corrected chi connectivity index (χ3v) is 13.0. The summed E-state index contributed by atoms with van der Waals surface area (Å²) >= 11 is 0. The molecule has 0 aliphatic carbocycles. The first-order valence-electron chi connectivity index (χ1n) is 14.9. The van der Waals surface area contributed by atoms with E-state index in [1.165, 1.54) is 0 Å². The van der Waals surface area contributed by atoms with E-state index in [2.05, 4.69) is 73.5 Å². The van der Waals surface area contributed by atoms with Crippen LogP contribution in [0.15, 0.2) is 60.8 Å². The first-order chi connectivity index (χ1) is 20.3. The number of rotatable bonds is 12. The zero-order valence-electron chi connectivity index (χ0n) is 26.4. The summed E-state index contributed by atoms with van der Waals surface area (Å²) in [6.07, 6.45) is 2.31. The van der Waals surface area contributed by atoms with Crippen LogP contribution in [0.25, 0.3) is 10.9 Å². The summed E-state index contributed by atoms with van der Waals surface area (Å²) in [6, 6.07) is 17.5. The van der Waals surface area contributed by atoms with Crippen LogP contribution in [0.5, 0.6) is 5.75 Å². The zero-order chi connectivity index (χ0) is 31.4. The van der Waals surface area contributed by atoms with Crippen LogP contribution in [0.3, 0.4) is 0 Å². The van der Waals surface area contributed by atoms with Gasteiger partial charge in [-0.15, -0.1) is 0 Å². The van der Waals surface area contributed by atoms with Gasteiger partial charge in [0.2, 0.25) is 0 Å². The summed E-state index contributed by atoms with van der Waals surface area (Å²) in [5.74, 6) is -0.0769. The van der Waals surface area contributed by atoms with Gasteiger partial charge in [0.25, 0.3) is 5.91 Å². The summed E-state index contributed by atoms with van der Waals surface area (Å²) in [6.45, 7) is 16.0. The summed E-state index contributed by atoms with van der Waals surface area (Å²) < 4.78 is 6.83. The van der Waals surface area contributed by atoms with Gasteiger partial charge in [0, 0.05) is 35.2 Å². The van der Waals surface area contributed by atoms with Crippen LogP contribution in [-0.4, -0.2) is 47.0 Å². The lowest BCUT2D eigenvalue weighted by Gasteiger charge is -2.40. The predicted octanol–water partition coefficient (Wildman–Crippen LogP) is 6.28. The normalized spacial score (nSPS) is 13.7. The van der Waals surface area contributed by atoms with Crippen molar-refractivity contribution in [3.05, 3.63) is 94.4 Å². The first kappa shape index (κ1) is 32.4. The van der Waals surface area contributed by atoms with E-state index in [-0.39, 0.29) is 35.4 Å². The molecule has 5 N–H and O–H groups in total. The highest BCUT2D eigenvalue weighted by Gasteiger charge is 2.39. The fourth-order valence-corrected chi connectivity index (χ4v) is 6.10. The molecule has 2 aromatic heterocycles. The highest BCUT2D eigenvalue weighted by Crippen LogP contribution is 2.40. The van der Waals surface area contributed by atoms with Crippen LogP contribution >= 0.6 is 0 Å². The van der Waals surface area contributed by atoms with Gasteiger partial charge in [-0.1, -0.05) is 39.0 Å². The number of amides is 1. The second kappa shape index (κ2) is 13.4. The minimum Gasteiger partial charge on any atom is -0.508 e. The van der Waals surface area contributed by atoms with Crippen molar-refractivity contribution < 1.29 is 19.4 Å². The number of aliphatic hydroxyl groups excluding tert-OH is 1. The Kier molecular flexibility index (Phi) is 10.1. The van der Waals surface area contributed by atoms with Gasteiger partial charge in [-0.25, -0.2) is 0 Å². The molecule has 4 rings (SSSR count). The Balaban J connectivity index is 1.42. The number of carbonyl (C=O) groups is 1. The number of pyridine rings is 1. The average Bonchev–Trinajstić information content (AvgIpc) is 3.38. The van der Waals surface area contributed by atoms with Gasteiger partial charge in [-0.3, -0.25) is 9.78 Å². The molecule has 2 aromatic carbocycles. The average molecular weight is 603 g/mol. The number of phenols is 1. The van der Waals surface area contributed by atoms with Crippen molar-refractivity contribution in [3.8, 4) is 5.75 Å². The lowest BCUT2D eigenvalue weighted by Crippen LogP contribution is -2.44. The monoisotopic (exact) mass is 602 g/mol. The van der Waals surface area contributed by atoms with E-state index in [0.717, 1.165) is 39.7 Å². The number of hydrogen-bond acceptors (Lipinski definition) is 6. The molecule has 0 aliphatic heterocycles. The maximum Gasteiger partial charge on any atom is 0.268 e. The molecule has 0 radical (unpaired) electrons. The number of carbonyl (C=O) groups excluding carboxylic acids is 1. The predicted molar refractivity (Wildman–Crippen MR) is 175 cm³/mol. The Bertz CT molecular complexity index is 1560. The standard InChI is InChI=1S/C34H46N4O4Si/c1-22-9-8-14-35-30(22)19-37-33(41)29-18-26-16-24(10-12-28(26)38-29)15-23(2)36-20-32(42-43(6,7)34(3,4)5)25-11-13-31(40)27(17-25)21-39/h8-14,16-18,23,32,36,38-40H,15,19-21H2,1-7H3,(H,37,41)/t23-,32-/m1/s1. The number of aromatic hydroxyl groups is 1. The molecule has 0 bridgehead atoms. The molecule has 9 heteroatoms. The van der Waals surface area contributed by atoms with Crippen molar-refractivity contribution in [3.63, 3.8) is 0 Å². The van der Waals surface area contributed by atoms with Gasteiger partial charge in [0.1, 0.15) is 11.4 Å². The van der Waals surface area contributed by atoms with Gasteiger partial charge in [-0.2, -0.15) is 0 Å². The summed E-state index contributed by atoms with van der Waals surface area (Å²) in [5.41, 5.74) is 5.93. The van der Waals surface area contributed by atoms with Gasteiger partial charge >= 0.3 is 0 Å². The number of aryl methyl sites for hydroxylation is 1. The molecule has 1 amide bonds. The highest BCUT2D eigenvalue weighted by molar-refractivity contribution is 6.74. The van der Waals surface area contributed by atoms with E-state index >= 15 is 0 Å². The smallest absolute Gasteiger partial charge is 0.268 e. The van der Waals surface area contributed by atoms with E-state index in [1.807, 2.05) is 43.3 Å². The SMILES string of the molecule is Cc1cccnc1CNC(=O)c1cc2cc(C[C@@H](C)NC[C@@H](O[Si](C)(C)C(C)(C)C)c3ccc(O)c(CO)c3)ccc2[nH]1. The van der Waals surface area contributed by atoms with Crippen molar-refractivity contribution in [1.29, 1.82) is 0 Å². The van der Waals surface area contributed by atoms with E-state index in [4.69, 9.17) is 4.43 Å². The Hall–Kier alpha value is -3.50. The van der Waals surface area contributed by atoms with E-state index in [9.17, 15) is 15.0 Å². The Morgan fingerprint density at radius 2 is 1.88 bits per heavy atom. The summed E-state index contributed by atoms with van der Waals surface area (Å²) in [4.78, 5) is 20.4. The quantitative estimate of drug-likeness (QED) is 0.122. The Labute approximate surface area is 256 Å². The minimum absolute atomic E-state index is 0.0344. The van der Waals surface area contributed by atoms with Crippen LogP contribution in [0.2, 0.25) is 18.1 Å². The maximum absolute atomic E-state index is 12.8. The molecule has 0 aliphatic rings. The number of fused-ring (bicyclic) bond motifs is 1. The van der Waals surface area contributed by atoms with Crippen molar-refractivity contribution in [1.82, 2.24) is 20.6 Å². The third kappa shape index (κ3) is 8.11. The fraction of sp³-hybridized carbons (Fsp3) is 0.412. The van der Waals surface area contributed by atoms with Crippen molar-refractivity contribution in [2.24, 2.45) is 0 Å². The highest BCUT2D eigenvalue weighted by atomic mass is 28.4. The lowest BCUT2D eigenvalue weighted by atomic mass is 10.0. The van der Waals surface area contributed by atoms with Crippen LogP contribution in [0, 0.1) is 6.92 Å². The fourth-order valence-electron chi connectivity index (χ4n) is 4.82. The number of nitrogens with one attached hydrogen (secondary N) is 3. The number of aromatic nitrogens is 2. The van der Waals surface area contributed by atoms with Crippen molar-refractivity contribution in [2.45, 2.75) is 84.5 Å². The Morgan fingerprint density at radius 3 is 2.58 bits per heavy atom. The van der Waals surface area contributed by atoms with Gasteiger partial charge < -0.3 is 30.3 Å². The zero-order valence-corrected chi connectivity index (χ0v) is 27.4. The Morgan fingerprint density at radius 1 is 1.12 bits per heavy atom. The number of benzene rings is 2. The summed E-state index contributed by atoms with van der Waals surface area (Å²) in [7, 11) is -2.11. The number of aliphatic hydroxyl groups is 1. The van der Waals surface area contributed by atoms with Crippen molar-refractivity contribution >= 4 is 25.1 Å². The van der Waals surface area contributed by atoms with Crippen LogP contribution < -0.4 is 10.6 Å². The number of nitrogens with zero attached hydrogens (tertiary/aromatic N) is 1. The number of hydrogen-bond donors (Lipinski definition) is 5. The second-order valence-electron chi connectivity index (χ2n) is 13.0. The number of H-pyrrole nitrogens is 1. The van der Waals surface area contributed by atoms with Gasteiger partial charge in [0.05, 0.1) is 24.9 Å². The molecular weight excluding hydrogens is 556 g/mol. The topological polar surface area (TPSA) is 120 Å². The second-order valence-corrected chi connectivity index (χ2v) is 17.7. The molecule has 2 atom stereocenters. The van der Waals surface area contributed by atoms with E-state index < -0.39 is 8.32 Å². The molecule has 43 heavy (non-hydrogen) atoms. The third-order valence-electron chi connectivity index (χ3n) is 8.55. The largest absolute Gasteiger partial charge is 0.508 e. The lowest BCUT2D eigenvalue weighted by molar-refractivity contribution is 0.0946. The van der Waals surface area contributed by atoms with Crippen LogP contribution in [0.4, 0.5) is 0 Å². The van der Waals surface area contributed by atoms with E-state index in [0.29, 0.717) is 24.3 Å². The van der Waals surface area contributed by atoms with Gasteiger partial charge in [-0.05, 0) is 91.5 Å². The molecule has 0 unspecified atom stereocenters. The van der Waals surface area contributed by atoms with Crippen molar-refractivity contribution in [2.75, 3.05) is 6.54 Å². The summed E-state index contributed by atoms with van der Waals surface area (Å²) in [5, 5.41) is 27.5. The van der Waals surface area contributed by atoms with E-state index in [1.54, 1.807) is 12.3 Å². The molecule has 0 saturated carbocycles. The minimum atomic E-state index is -2.11. The van der Waals surface area contributed by atoms with Crippen LogP contribution in [0.1, 0.15) is 72.2 Å². The molecule has 0 saturated heterocycles. The molecule has 2 heterocycles.